The van der Waals surface area contributed by atoms with E-state index < -0.39 is 5.60 Å². The molecular formula is C17H22N4O2S. The molecule has 7 heteroatoms. The van der Waals surface area contributed by atoms with Gasteiger partial charge in [-0.2, -0.15) is 0 Å². The Labute approximate surface area is 145 Å². The van der Waals surface area contributed by atoms with Crippen molar-refractivity contribution in [1.29, 1.82) is 0 Å². The third-order valence-corrected chi connectivity index (χ3v) is 4.96. The predicted octanol–water partition coefficient (Wildman–Crippen LogP) is 3.71. The molecule has 1 saturated heterocycles. The largest absolute Gasteiger partial charge is 0.444 e. The van der Waals surface area contributed by atoms with Crippen molar-refractivity contribution in [2.24, 2.45) is 0 Å². The van der Waals surface area contributed by atoms with E-state index in [-0.39, 0.29) is 6.09 Å². The van der Waals surface area contributed by atoms with Crippen molar-refractivity contribution in [3.8, 4) is 10.7 Å². The Morgan fingerprint density at radius 3 is 2.50 bits per heavy atom. The van der Waals surface area contributed by atoms with Gasteiger partial charge >= 0.3 is 6.09 Å². The van der Waals surface area contributed by atoms with E-state index in [1.54, 1.807) is 34.7 Å². The van der Waals surface area contributed by atoms with Crippen LogP contribution in [0, 0.1) is 0 Å². The molecule has 0 atom stereocenters. The first kappa shape index (κ1) is 16.8. The fraction of sp³-hybridized carbons (Fsp3) is 0.529. The Morgan fingerprint density at radius 1 is 1.21 bits per heavy atom. The maximum absolute atomic E-state index is 12.1. The van der Waals surface area contributed by atoms with Gasteiger partial charge in [-0.3, -0.25) is 0 Å². The van der Waals surface area contributed by atoms with E-state index in [2.05, 4.69) is 15.0 Å². The minimum Gasteiger partial charge on any atom is -0.444 e. The fourth-order valence-corrected chi connectivity index (χ4v) is 3.68. The van der Waals surface area contributed by atoms with Crippen molar-refractivity contribution in [3.63, 3.8) is 0 Å². The Bertz CT molecular complexity index is 688. The van der Waals surface area contributed by atoms with Gasteiger partial charge in [0.15, 0.2) is 5.82 Å². The van der Waals surface area contributed by atoms with Crippen molar-refractivity contribution in [3.05, 3.63) is 29.7 Å². The van der Waals surface area contributed by atoms with Crippen molar-refractivity contribution in [2.45, 2.75) is 45.1 Å². The molecule has 2 aromatic rings. The van der Waals surface area contributed by atoms with Crippen molar-refractivity contribution in [2.75, 3.05) is 13.1 Å². The molecule has 0 unspecified atom stereocenters. The number of carbonyl (C=O) groups is 1. The van der Waals surface area contributed by atoms with Gasteiger partial charge in [0.25, 0.3) is 0 Å². The van der Waals surface area contributed by atoms with Crippen LogP contribution in [0.25, 0.3) is 10.7 Å². The van der Waals surface area contributed by atoms with E-state index in [0.29, 0.717) is 24.8 Å². The van der Waals surface area contributed by atoms with Crippen molar-refractivity contribution in [1.82, 2.24) is 19.9 Å². The maximum Gasteiger partial charge on any atom is 0.410 e. The van der Waals surface area contributed by atoms with E-state index in [9.17, 15) is 4.79 Å². The second-order valence-corrected chi connectivity index (χ2v) is 7.94. The third kappa shape index (κ3) is 4.08. The molecular weight excluding hydrogens is 324 g/mol. The van der Waals surface area contributed by atoms with Gasteiger partial charge < -0.3 is 9.64 Å². The molecule has 24 heavy (non-hydrogen) atoms. The zero-order chi connectivity index (χ0) is 17.2. The molecule has 0 N–H and O–H groups in total. The SMILES string of the molecule is CC(C)(C)OC(=O)N1CCC(c2ncc(-c3ncccn3)s2)CC1. The summed E-state index contributed by atoms with van der Waals surface area (Å²) in [6, 6.07) is 1.80. The normalized spacial score (nSPS) is 16.2. The van der Waals surface area contributed by atoms with Crippen LogP contribution in [-0.2, 0) is 4.74 Å². The molecule has 0 aromatic carbocycles. The second kappa shape index (κ2) is 6.84. The number of hydrogen-bond donors (Lipinski definition) is 0. The summed E-state index contributed by atoms with van der Waals surface area (Å²) in [6.45, 7) is 7.08. The molecule has 3 rings (SSSR count). The molecule has 0 saturated carbocycles. The number of piperidine rings is 1. The monoisotopic (exact) mass is 346 g/mol. The topological polar surface area (TPSA) is 68.2 Å². The highest BCUT2D eigenvalue weighted by Crippen LogP contribution is 2.34. The van der Waals surface area contributed by atoms with Crippen LogP contribution in [0.3, 0.4) is 0 Å². The van der Waals surface area contributed by atoms with Crippen molar-refractivity contribution >= 4 is 17.4 Å². The van der Waals surface area contributed by atoms with E-state index in [4.69, 9.17) is 4.74 Å². The summed E-state index contributed by atoms with van der Waals surface area (Å²) in [6.07, 6.45) is 6.90. The highest BCUT2D eigenvalue weighted by atomic mass is 32.1. The van der Waals surface area contributed by atoms with E-state index in [1.165, 1.54) is 0 Å². The molecule has 1 fully saturated rings. The first-order valence-corrected chi connectivity index (χ1v) is 8.95. The molecule has 0 radical (unpaired) electrons. The van der Waals surface area contributed by atoms with Gasteiger partial charge in [-0.15, -0.1) is 11.3 Å². The number of rotatable bonds is 2. The maximum atomic E-state index is 12.1. The molecule has 1 aliphatic rings. The number of thiazole rings is 1. The van der Waals surface area contributed by atoms with Crippen LogP contribution in [0.15, 0.2) is 24.7 Å². The number of hydrogen-bond acceptors (Lipinski definition) is 6. The summed E-state index contributed by atoms with van der Waals surface area (Å²) in [4.78, 5) is 28.0. The standard InChI is InChI=1S/C17H22N4O2S/c1-17(2,3)23-16(22)21-9-5-12(6-10-21)15-20-11-13(24-15)14-18-7-4-8-19-14/h4,7-8,11-12H,5-6,9-10H2,1-3H3. The lowest BCUT2D eigenvalue weighted by atomic mass is 9.98. The number of nitrogens with zero attached hydrogens (tertiary/aromatic N) is 4. The Hall–Kier alpha value is -2.02. The Morgan fingerprint density at radius 2 is 1.88 bits per heavy atom. The molecule has 6 nitrogen and oxygen atoms in total. The van der Waals surface area contributed by atoms with Crippen LogP contribution < -0.4 is 0 Å². The molecule has 0 aliphatic carbocycles. The number of likely N-dealkylation sites (tertiary alicyclic amines) is 1. The molecule has 128 valence electrons. The average Bonchev–Trinajstić information content (AvgIpc) is 3.04. The molecule has 3 heterocycles. The Balaban J connectivity index is 1.59. The van der Waals surface area contributed by atoms with Crippen LogP contribution in [0.4, 0.5) is 4.79 Å². The lowest BCUT2D eigenvalue weighted by Gasteiger charge is -2.32. The van der Waals surface area contributed by atoms with Crippen LogP contribution in [0.1, 0.15) is 44.5 Å². The van der Waals surface area contributed by atoms with E-state index in [0.717, 1.165) is 22.7 Å². The fourth-order valence-electron chi connectivity index (χ4n) is 2.64. The summed E-state index contributed by atoms with van der Waals surface area (Å²) in [5.74, 6) is 1.10. The summed E-state index contributed by atoms with van der Waals surface area (Å²) < 4.78 is 5.44. The molecule has 1 amide bonds. The van der Waals surface area contributed by atoms with Gasteiger partial charge in [-0.05, 0) is 39.7 Å². The van der Waals surface area contributed by atoms with Crippen molar-refractivity contribution < 1.29 is 9.53 Å². The minimum absolute atomic E-state index is 0.224. The average molecular weight is 346 g/mol. The summed E-state index contributed by atoms with van der Waals surface area (Å²) in [5.41, 5.74) is -0.451. The van der Waals surface area contributed by atoms with Crippen LogP contribution in [0.5, 0.6) is 0 Å². The van der Waals surface area contributed by atoms with Gasteiger partial charge in [0.05, 0.1) is 9.88 Å². The van der Waals surface area contributed by atoms with E-state index in [1.807, 2.05) is 27.0 Å². The second-order valence-electron chi connectivity index (χ2n) is 6.88. The van der Waals surface area contributed by atoms with E-state index >= 15 is 0 Å². The predicted molar refractivity (Wildman–Crippen MR) is 92.9 cm³/mol. The lowest BCUT2D eigenvalue weighted by molar-refractivity contribution is 0.0205. The van der Waals surface area contributed by atoms with Gasteiger partial charge in [0.2, 0.25) is 0 Å². The summed E-state index contributed by atoms with van der Waals surface area (Å²) in [5, 5.41) is 1.10. The third-order valence-electron chi connectivity index (χ3n) is 3.81. The number of ether oxygens (including phenoxy) is 1. The van der Waals surface area contributed by atoms with Crippen LogP contribution >= 0.6 is 11.3 Å². The van der Waals surface area contributed by atoms with Gasteiger partial charge in [-0.25, -0.2) is 19.7 Å². The minimum atomic E-state index is -0.451. The van der Waals surface area contributed by atoms with Crippen LogP contribution in [-0.4, -0.2) is 44.6 Å². The highest BCUT2D eigenvalue weighted by Gasteiger charge is 2.28. The first-order valence-electron chi connectivity index (χ1n) is 8.13. The quantitative estimate of drug-likeness (QED) is 0.829. The smallest absolute Gasteiger partial charge is 0.410 e. The molecule has 0 bridgehead atoms. The zero-order valence-corrected chi connectivity index (χ0v) is 15.0. The van der Waals surface area contributed by atoms with Gasteiger partial charge in [0.1, 0.15) is 5.60 Å². The van der Waals surface area contributed by atoms with Gasteiger partial charge in [0, 0.05) is 37.6 Å². The number of carbonyl (C=O) groups excluding carboxylic acids is 1. The number of aromatic nitrogens is 3. The highest BCUT2D eigenvalue weighted by molar-refractivity contribution is 7.15. The first-order chi connectivity index (χ1) is 11.4. The lowest BCUT2D eigenvalue weighted by Crippen LogP contribution is -2.41. The molecule has 0 spiro atoms. The summed E-state index contributed by atoms with van der Waals surface area (Å²) in [7, 11) is 0. The summed E-state index contributed by atoms with van der Waals surface area (Å²) >= 11 is 1.64. The van der Waals surface area contributed by atoms with Crippen LogP contribution in [0.2, 0.25) is 0 Å². The Kier molecular flexibility index (Phi) is 4.80. The van der Waals surface area contributed by atoms with Gasteiger partial charge in [-0.1, -0.05) is 0 Å². The number of amides is 1. The molecule has 1 aliphatic heterocycles. The molecule has 2 aromatic heterocycles. The zero-order valence-electron chi connectivity index (χ0n) is 14.2.